The van der Waals surface area contributed by atoms with Gasteiger partial charge in [-0.25, -0.2) is 0 Å². The van der Waals surface area contributed by atoms with Crippen LogP contribution in [0.5, 0.6) is 0 Å². The first-order valence-corrected chi connectivity index (χ1v) is 10.4. The first-order valence-electron chi connectivity index (χ1n) is 10.4. The Morgan fingerprint density at radius 1 is 1.07 bits per heavy atom. The van der Waals surface area contributed by atoms with Crippen molar-refractivity contribution in [3.8, 4) is 0 Å². The zero-order valence-electron chi connectivity index (χ0n) is 16.6. The van der Waals surface area contributed by atoms with Gasteiger partial charge in [0.2, 0.25) is 11.8 Å². The summed E-state index contributed by atoms with van der Waals surface area (Å²) in [7, 11) is 0. The van der Waals surface area contributed by atoms with Gasteiger partial charge in [0.25, 0.3) is 11.8 Å². The molecule has 9 heteroatoms. The Kier molecular flexibility index (Phi) is 4.88. The summed E-state index contributed by atoms with van der Waals surface area (Å²) in [5, 5.41) is 5.53. The molecule has 0 spiro atoms. The van der Waals surface area contributed by atoms with Gasteiger partial charge in [0.15, 0.2) is 0 Å². The third-order valence-corrected chi connectivity index (χ3v) is 6.51. The Bertz CT molecular complexity index is 922. The number of piperidine rings is 1. The van der Waals surface area contributed by atoms with Crippen molar-refractivity contribution in [3.05, 3.63) is 34.9 Å². The predicted molar refractivity (Wildman–Crippen MR) is 105 cm³/mol. The normalized spacial score (nSPS) is 26.9. The van der Waals surface area contributed by atoms with E-state index in [1.54, 1.807) is 12.1 Å². The SMILES string of the molecule is O=C1CCC(N2C(=O)c3cccc(CN(C4CNC4)C4CCOC4)c3C2=O)C(=O)N1. The van der Waals surface area contributed by atoms with E-state index < -0.39 is 23.8 Å². The minimum atomic E-state index is -0.946. The lowest BCUT2D eigenvalue weighted by molar-refractivity contribution is -0.136. The molecule has 1 aromatic rings. The number of nitrogens with zero attached hydrogens (tertiary/aromatic N) is 2. The molecule has 4 heterocycles. The van der Waals surface area contributed by atoms with Crippen LogP contribution in [-0.4, -0.2) is 77.9 Å². The highest BCUT2D eigenvalue weighted by molar-refractivity contribution is 6.24. The van der Waals surface area contributed by atoms with Crippen molar-refractivity contribution in [2.45, 2.75) is 43.9 Å². The zero-order valence-corrected chi connectivity index (χ0v) is 16.6. The molecule has 3 saturated heterocycles. The van der Waals surface area contributed by atoms with Crippen molar-refractivity contribution >= 4 is 23.6 Å². The molecule has 0 bridgehead atoms. The summed E-state index contributed by atoms with van der Waals surface area (Å²) < 4.78 is 5.58. The monoisotopic (exact) mass is 412 g/mol. The minimum absolute atomic E-state index is 0.112. The molecule has 4 aliphatic heterocycles. The molecule has 3 fully saturated rings. The van der Waals surface area contributed by atoms with E-state index in [1.165, 1.54) is 0 Å². The van der Waals surface area contributed by atoms with Gasteiger partial charge in [-0.3, -0.25) is 34.3 Å². The average molecular weight is 412 g/mol. The minimum Gasteiger partial charge on any atom is -0.380 e. The van der Waals surface area contributed by atoms with Crippen LogP contribution >= 0.6 is 0 Å². The fourth-order valence-corrected chi connectivity index (χ4v) is 4.76. The molecule has 30 heavy (non-hydrogen) atoms. The molecule has 2 N–H and O–H groups in total. The molecule has 4 amide bonds. The first kappa shape index (κ1) is 19.3. The van der Waals surface area contributed by atoms with Crippen LogP contribution < -0.4 is 10.6 Å². The molecule has 0 radical (unpaired) electrons. The van der Waals surface area contributed by atoms with Crippen molar-refractivity contribution in [1.82, 2.24) is 20.4 Å². The number of hydrogen-bond donors (Lipinski definition) is 2. The van der Waals surface area contributed by atoms with Crippen LogP contribution in [0.4, 0.5) is 0 Å². The quantitative estimate of drug-likeness (QED) is 0.637. The Labute approximate surface area is 173 Å². The highest BCUT2D eigenvalue weighted by Crippen LogP contribution is 2.31. The number of rotatable bonds is 5. The maximum Gasteiger partial charge on any atom is 0.262 e. The summed E-state index contributed by atoms with van der Waals surface area (Å²) in [6, 6.07) is 5.01. The fourth-order valence-electron chi connectivity index (χ4n) is 4.76. The Balaban J connectivity index is 1.44. The van der Waals surface area contributed by atoms with E-state index in [4.69, 9.17) is 4.74 Å². The second-order valence-corrected chi connectivity index (χ2v) is 8.29. The molecule has 0 saturated carbocycles. The molecule has 0 aromatic heterocycles. The first-order chi connectivity index (χ1) is 14.5. The van der Waals surface area contributed by atoms with Gasteiger partial charge in [-0.1, -0.05) is 12.1 Å². The van der Waals surface area contributed by atoms with E-state index >= 15 is 0 Å². The number of benzene rings is 1. The van der Waals surface area contributed by atoms with Crippen molar-refractivity contribution in [1.29, 1.82) is 0 Å². The molecule has 158 valence electrons. The molecular formula is C21H24N4O5. The summed E-state index contributed by atoms with van der Waals surface area (Å²) in [6.07, 6.45) is 1.21. The van der Waals surface area contributed by atoms with Crippen LogP contribution in [0.3, 0.4) is 0 Å². The van der Waals surface area contributed by atoms with Gasteiger partial charge < -0.3 is 10.1 Å². The summed E-state index contributed by atoms with van der Waals surface area (Å²) in [4.78, 5) is 53.5. The highest BCUT2D eigenvalue weighted by Gasteiger charge is 2.46. The van der Waals surface area contributed by atoms with Gasteiger partial charge in [0, 0.05) is 44.7 Å². The predicted octanol–water partition coefficient (Wildman–Crippen LogP) is -0.349. The molecule has 9 nitrogen and oxygen atoms in total. The summed E-state index contributed by atoms with van der Waals surface area (Å²) >= 11 is 0. The lowest BCUT2D eigenvalue weighted by Crippen LogP contribution is -2.59. The fraction of sp³-hybridized carbons (Fsp3) is 0.524. The second kappa shape index (κ2) is 7.57. The molecule has 2 unspecified atom stereocenters. The summed E-state index contributed by atoms with van der Waals surface area (Å²) in [6.45, 7) is 3.73. The van der Waals surface area contributed by atoms with Gasteiger partial charge in [-0.2, -0.15) is 0 Å². The molecule has 4 aliphatic rings. The zero-order chi connectivity index (χ0) is 20.8. The number of carbonyl (C=O) groups excluding carboxylic acids is 4. The van der Waals surface area contributed by atoms with Crippen LogP contribution in [0.1, 0.15) is 45.5 Å². The standard InChI is InChI=1S/C21H24N4O5/c26-17-5-4-16(19(27)23-17)25-20(28)15-3-1-2-12(18(15)21(25)29)10-24(14-8-22-9-14)13-6-7-30-11-13/h1-3,13-14,16,22H,4-11H2,(H,23,26,27). The van der Waals surface area contributed by atoms with Crippen LogP contribution in [-0.2, 0) is 20.9 Å². The lowest BCUT2D eigenvalue weighted by Gasteiger charge is -2.41. The summed E-state index contributed by atoms with van der Waals surface area (Å²) in [5.41, 5.74) is 1.50. The Hall–Kier alpha value is -2.62. The number of fused-ring (bicyclic) bond motifs is 1. The van der Waals surface area contributed by atoms with Gasteiger partial charge in [-0.05, 0) is 24.5 Å². The van der Waals surface area contributed by atoms with Crippen LogP contribution in [0.15, 0.2) is 18.2 Å². The number of carbonyl (C=O) groups is 4. The lowest BCUT2D eigenvalue weighted by atomic mass is 9.99. The largest absolute Gasteiger partial charge is 0.380 e. The van der Waals surface area contributed by atoms with Crippen molar-refractivity contribution in [2.24, 2.45) is 0 Å². The van der Waals surface area contributed by atoms with E-state index in [2.05, 4.69) is 15.5 Å². The van der Waals surface area contributed by atoms with Crippen LogP contribution in [0.25, 0.3) is 0 Å². The smallest absolute Gasteiger partial charge is 0.262 e. The van der Waals surface area contributed by atoms with Crippen LogP contribution in [0.2, 0.25) is 0 Å². The van der Waals surface area contributed by atoms with E-state index in [9.17, 15) is 19.2 Å². The molecule has 1 aromatic carbocycles. The molecular weight excluding hydrogens is 388 g/mol. The van der Waals surface area contributed by atoms with E-state index in [-0.39, 0.29) is 24.8 Å². The average Bonchev–Trinajstić information content (AvgIpc) is 3.29. The maximum absolute atomic E-state index is 13.3. The molecule has 2 atom stereocenters. The second-order valence-electron chi connectivity index (χ2n) is 8.29. The number of hydrogen-bond acceptors (Lipinski definition) is 7. The topological polar surface area (TPSA) is 108 Å². The number of ether oxygens (including phenoxy) is 1. The van der Waals surface area contributed by atoms with E-state index in [1.807, 2.05) is 6.07 Å². The third kappa shape index (κ3) is 3.13. The van der Waals surface area contributed by atoms with Crippen LogP contribution in [0, 0.1) is 0 Å². The van der Waals surface area contributed by atoms with E-state index in [0.29, 0.717) is 30.3 Å². The molecule has 5 rings (SSSR count). The van der Waals surface area contributed by atoms with Gasteiger partial charge in [0.1, 0.15) is 6.04 Å². The van der Waals surface area contributed by atoms with Crippen molar-refractivity contribution in [2.75, 3.05) is 26.3 Å². The molecule has 0 aliphatic carbocycles. The number of imide groups is 2. The van der Waals surface area contributed by atoms with Gasteiger partial charge in [-0.15, -0.1) is 0 Å². The third-order valence-electron chi connectivity index (χ3n) is 6.51. The van der Waals surface area contributed by atoms with Gasteiger partial charge in [0.05, 0.1) is 17.7 Å². The van der Waals surface area contributed by atoms with Crippen molar-refractivity contribution in [3.63, 3.8) is 0 Å². The van der Waals surface area contributed by atoms with Crippen molar-refractivity contribution < 1.29 is 23.9 Å². The van der Waals surface area contributed by atoms with E-state index in [0.717, 1.165) is 36.6 Å². The summed E-state index contributed by atoms with van der Waals surface area (Å²) in [5.74, 6) is -1.88. The highest BCUT2D eigenvalue weighted by atomic mass is 16.5. The number of nitrogens with one attached hydrogen (secondary N) is 2. The Morgan fingerprint density at radius 3 is 2.57 bits per heavy atom. The maximum atomic E-state index is 13.3. The number of amides is 4. The Morgan fingerprint density at radius 2 is 1.90 bits per heavy atom. The van der Waals surface area contributed by atoms with Gasteiger partial charge >= 0.3 is 0 Å².